The first-order chi connectivity index (χ1) is 13.4. The first-order valence-corrected chi connectivity index (χ1v) is 8.98. The number of aliphatic carboxylic acids is 2. The number of carboxylic acids is 2. The lowest BCUT2D eigenvalue weighted by Crippen LogP contribution is -2.76. The van der Waals surface area contributed by atoms with Crippen molar-refractivity contribution in [2.45, 2.75) is 25.4 Å². The quantitative estimate of drug-likeness (QED) is 0.213. The van der Waals surface area contributed by atoms with Crippen LogP contribution in [0.25, 0.3) is 0 Å². The maximum Gasteiger partial charge on any atom is 0.344 e. The number of thiazole rings is 1. The van der Waals surface area contributed by atoms with E-state index >= 15 is 0 Å². The Morgan fingerprint density at radius 3 is 2.45 bits per heavy atom. The Bertz CT molecular complexity index is 885. The Labute approximate surface area is 172 Å². The van der Waals surface area contributed by atoms with Crippen molar-refractivity contribution in [2.75, 3.05) is 18.9 Å². The number of aromatic nitrogens is 1. The normalized spacial score (nSPS) is 18.2. The zero-order valence-corrected chi connectivity index (χ0v) is 16.6. The molecule has 1 fully saturated rings. The lowest BCUT2D eigenvalue weighted by molar-refractivity contribution is -0.257. The van der Waals surface area contributed by atoms with Gasteiger partial charge in [-0.3, -0.25) is 14.4 Å². The number of β-lactam (4-membered cyclic amide) rings is 1. The average Bonchev–Trinajstić information content (AvgIpc) is 2.93. The number of carboxylic acid groups (broad SMARTS) is 2. The molecule has 0 radical (unpaired) electrons. The zero-order chi connectivity index (χ0) is 21.9. The third-order valence-corrected chi connectivity index (χ3v) is 4.74. The molecular weight excluding hydrogens is 434 g/mol. The molecule has 1 aliphatic heterocycles. The second kappa shape index (κ2) is 8.59. The number of rotatable bonds is 9. The molecule has 1 atom stereocenters. The molecule has 0 unspecified atom stereocenters. The Morgan fingerprint density at radius 1 is 1.34 bits per heavy atom. The number of nitrogens with two attached hydrogens (primary N) is 1. The van der Waals surface area contributed by atoms with Gasteiger partial charge in [0.05, 0.1) is 5.54 Å². The van der Waals surface area contributed by atoms with Crippen LogP contribution in [0.3, 0.4) is 0 Å². The molecule has 1 aromatic heterocycles. The zero-order valence-electron chi connectivity index (χ0n) is 15.0. The summed E-state index contributed by atoms with van der Waals surface area (Å²) in [5.41, 5.74) is 3.83. The van der Waals surface area contributed by atoms with E-state index in [1.807, 2.05) is 0 Å². The molecule has 0 spiro atoms. The number of oxime groups is 1. The summed E-state index contributed by atoms with van der Waals surface area (Å²) in [4.78, 5) is 59.5. The van der Waals surface area contributed by atoms with Crippen molar-refractivity contribution in [1.82, 2.24) is 15.4 Å². The van der Waals surface area contributed by atoms with Crippen LogP contribution in [0.1, 0.15) is 19.5 Å². The minimum Gasteiger partial charge on any atom is -0.479 e. The van der Waals surface area contributed by atoms with Gasteiger partial charge in [-0.15, -0.1) is 0 Å². The first kappa shape index (κ1) is 22.3. The monoisotopic (exact) mass is 449 g/mol. The van der Waals surface area contributed by atoms with E-state index in [0.29, 0.717) is 0 Å². The highest BCUT2D eigenvalue weighted by molar-refractivity contribution is 7.19. The average molecular weight is 450 g/mol. The van der Waals surface area contributed by atoms with E-state index in [0.717, 1.165) is 16.4 Å². The second-order valence-corrected chi connectivity index (χ2v) is 7.77. The number of carbonyl (C=O) groups excluding carboxylic acids is 2. The van der Waals surface area contributed by atoms with Crippen molar-refractivity contribution in [1.29, 1.82) is 0 Å². The molecule has 5 N–H and O–H groups in total. The molecule has 0 aromatic carbocycles. The second-order valence-electron chi connectivity index (χ2n) is 6.14. The predicted molar refractivity (Wildman–Crippen MR) is 98.1 cm³/mol. The highest BCUT2D eigenvalue weighted by atomic mass is 35.5. The largest absolute Gasteiger partial charge is 0.479 e. The highest BCUT2D eigenvalue weighted by Crippen LogP contribution is 2.32. The summed E-state index contributed by atoms with van der Waals surface area (Å²) in [5.74, 6) is -4.24. The molecule has 15 heteroatoms. The van der Waals surface area contributed by atoms with Gasteiger partial charge in [-0.25, -0.2) is 19.6 Å². The molecule has 0 aliphatic carbocycles. The van der Waals surface area contributed by atoms with Crippen molar-refractivity contribution >= 4 is 57.5 Å². The van der Waals surface area contributed by atoms with Gasteiger partial charge in [0.25, 0.3) is 11.8 Å². The minimum atomic E-state index is -1.33. The maximum absolute atomic E-state index is 12.7. The van der Waals surface area contributed by atoms with Gasteiger partial charge in [0.15, 0.2) is 17.5 Å². The van der Waals surface area contributed by atoms with Gasteiger partial charge in [0.1, 0.15) is 16.1 Å². The highest BCUT2D eigenvalue weighted by Gasteiger charge is 2.56. The summed E-state index contributed by atoms with van der Waals surface area (Å²) >= 11 is 6.83. The van der Waals surface area contributed by atoms with Gasteiger partial charge < -0.3 is 26.1 Å². The number of amides is 2. The fraction of sp³-hybridized carbons (Fsp3) is 0.429. The summed E-state index contributed by atoms with van der Waals surface area (Å²) < 4.78 is 0.000870. The Kier molecular flexibility index (Phi) is 6.61. The molecule has 2 amide bonds. The van der Waals surface area contributed by atoms with Gasteiger partial charge in [-0.1, -0.05) is 28.1 Å². The molecule has 0 saturated carbocycles. The fourth-order valence-corrected chi connectivity index (χ4v) is 3.28. The standard InChI is InChI=1S/C14H16ClN5O8S/c1-14(2)9(12(26)20(14)28-4-6(23)24)18-11(25)8(19-27-3-5(21)22)7-10(15)29-13(16)17-7/h9H,3-4H2,1-2H3,(H2,16,17)(H,18,25)(H,21,22)(H,23,24)/b19-8-/t9-/m1/s1. The lowest BCUT2D eigenvalue weighted by Gasteiger charge is -2.51. The molecule has 158 valence electrons. The number of nitrogens with one attached hydrogen (secondary N) is 1. The number of halogens is 1. The van der Waals surface area contributed by atoms with Crippen molar-refractivity contribution in [3.8, 4) is 0 Å². The van der Waals surface area contributed by atoms with Gasteiger partial charge in [-0.2, -0.15) is 0 Å². The van der Waals surface area contributed by atoms with Crippen LogP contribution < -0.4 is 11.1 Å². The van der Waals surface area contributed by atoms with Crippen LogP contribution in [0.15, 0.2) is 5.16 Å². The van der Waals surface area contributed by atoms with E-state index in [9.17, 15) is 19.2 Å². The Balaban J connectivity index is 2.19. The molecule has 1 saturated heterocycles. The van der Waals surface area contributed by atoms with Crippen LogP contribution in [0.5, 0.6) is 0 Å². The number of hydrogen-bond donors (Lipinski definition) is 4. The smallest absolute Gasteiger partial charge is 0.344 e. The van der Waals surface area contributed by atoms with Gasteiger partial charge in [-0.05, 0) is 13.8 Å². The van der Waals surface area contributed by atoms with Crippen LogP contribution in [-0.4, -0.2) is 74.5 Å². The fourth-order valence-electron chi connectivity index (χ4n) is 2.35. The molecular formula is C14H16ClN5O8S. The van der Waals surface area contributed by atoms with E-state index < -0.39 is 54.3 Å². The summed E-state index contributed by atoms with van der Waals surface area (Å²) in [7, 11) is 0. The van der Waals surface area contributed by atoms with Gasteiger partial charge in [0.2, 0.25) is 6.61 Å². The Hall–Kier alpha value is -2.97. The maximum atomic E-state index is 12.7. The molecule has 0 bridgehead atoms. The number of nitrogens with zero attached hydrogens (tertiary/aromatic N) is 3. The SMILES string of the molecule is CC1(C)[C@H](NC(=O)/C(=N\OCC(=O)O)c2nc(N)sc2Cl)C(=O)N1OCC(=O)O. The van der Waals surface area contributed by atoms with E-state index in [-0.39, 0.29) is 15.2 Å². The van der Waals surface area contributed by atoms with Gasteiger partial charge >= 0.3 is 11.9 Å². The molecule has 1 aliphatic rings. The number of anilines is 1. The summed E-state index contributed by atoms with van der Waals surface area (Å²) in [6, 6.07) is -1.09. The third-order valence-electron chi connectivity index (χ3n) is 3.66. The van der Waals surface area contributed by atoms with Gasteiger partial charge in [0, 0.05) is 0 Å². The predicted octanol–water partition coefficient (Wildman–Crippen LogP) is -0.694. The van der Waals surface area contributed by atoms with Crippen LogP contribution in [-0.2, 0) is 28.9 Å². The number of hydrogen-bond acceptors (Lipinski definition) is 10. The molecule has 1 aromatic rings. The Morgan fingerprint density at radius 2 is 1.97 bits per heavy atom. The van der Waals surface area contributed by atoms with Crippen LogP contribution in [0.2, 0.25) is 4.34 Å². The first-order valence-electron chi connectivity index (χ1n) is 7.78. The summed E-state index contributed by atoms with van der Waals surface area (Å²) in [6.45, 7) is 1.50. The molecule has 2 rings (SSSR count). The third kappa shape index (κ3) is 4.90. The summed E-state index contributed by atoms with van der Waals surface area (Å²) in [6.07, 6.45) is 0. The van der Waals surface area contributed by atoms with E-state index in [1.54, 1.807) is 0 Å². The van der Waals surface area contributed by atoms with E-state index in [4.69, 9.17) is 32.4 Å². The summed E-state index contributed by atoms with van der Waals surface area (Å²) in [5, 5.41) is 24.0. The molecule has 29 heavy (non-hydrogen) atoms. The van der Waals surface area contributed by atoms with Crippen molar-refractivity contribution in [2.24, 2.45) is 5.16 Å². The van der Waals surface area contributed by atoms with Crippen molar-refractivity contribution in [3.05, 3.63) is 10.0 Å². The number of carbonyl (C=O) groups is 4. The number of hydroxylamine groups is 2. The lowest BCUT2D eigenvalue weighted by atomic mass is 9.84. The van der Waals surface area contributed by atoms with Crippen LogP contribution in [0, 0.1) is 0 Å². The van der Waals surface area contributed by atoms with Crippen molar-refractivity contribution in [3.63, 3.8) is 0 Å². The molecule has 2 heterocycles. The van der Waals surface area contributed by atoms with E-state index in [2.05, 4.69) is 20.3 Å². The molecule has 13 nitrogen and oxygen atoms in total. The van der Waals surface area contributed by atoms with Crippen LogP contribution >= 0.6 is 22.9 Å². The van der Waals surface area contributed by atoms with Crippen LogP contribution in [0.4, 0.5) is 5.13 Å². The van der Waals surface area contributed by atoms with E-state index in [1.165, 1.54) is 13.8 Å². The minimum absolute atomic E-state index is 0.000870. The number of nitrogen functional groups attached to an aromatic ring is 1. The topological polar surface area (TPSA) is 194 Å². The van der Waals surface area contributed by atoms with Crippen molar-refractivity contribution < 1.29 is 39.1 Å².